The van der Waals surface area contributed by atoms with Crippen LogP contribution in [0, 0.1) is 5.92 Å². The van der Waals surface area contributed by atoms with Crippen molar-refractivity contribution in [1.29, 1.82) is 0 Å². The van der Waals surface area contributed by atoms with Gasteiger partial charge in [-0.05, 0) is 87.8 Å². The van der Waals surface area contributed by atoms with Gasteiger partial charge in [0.25, 0.3) is 0 Å². The first-order valence-electron chi connectivity index (χ1n) is 18.9. The summed E-state index contributed by atoms with van der Waals surface area (Å²) in [7, 11) is 1.29. The van der Waals surface area contributed by atoms with Crippen LogP contribution in [0.15, 0.2) is 41.7 Å². The molecular formula is C41H48N6O7. The van der Waals surface area contributed by atoms with Crippen molar-refractivity contribution in [1.82, 2.24) is 25.1 Å². The number of carbonyl (C=O) groups excluding carboxylic acids is 3. The van der Waals surface area contributed by atoms with Crippen molar-refractivity contribution in [2.75, 3.05) is 20.2 Å². The second kappa shape index (κ2) is 13.8. The lowest BCUT2D eigenvalue weighted by molar-refractivity contribution is -0.135. The van der Waals surface area contributed by atoms with Gasteiger partial charge in [-0.25, -0.2) is 14.6 Å². The molecule has 0 bridgehead atoms. The summed E-state index contributed by atoms with van der Waals surface area (Å²) in [5.41, 5.74) is 8.52. The Balaban J connectivity index is 0.996. The van der Waals surface area contributed by atoms with Gasteiger partial charge in [0.1, 0.15) is 42.2 Å². The van der Waals surface area contributed by atoms with Gasteiger partial charge in [-0.3, -0.25) is 14.7 Å². The number of alkyl carbamates (subject to hydrolysis) is 1. The number of carbonyl (C=O) groups is 3. The van der Waals surface area contributed by atoms with Crippen LogP contribution in [-0.4, -0.2) is 81.5 Å². The molecule has 2 aromatic carbocycles. The summed E-state index contributed by atoms with van der Waals surface area (Å²) in [6.07, 6.45) is 6.89. The SMILES string of the molecule is COC(=O)N[C@H](C(=O)N1CCC[C@H]1c1ncc(-c2cc3c4c(c2)OCc2cc(C5=CN=C([C@@H]6CCCN6C(=O)OC(C)(C)C)C5)cc(c2-4)OC3)[nH]1)C(C)C. The number of amides is 3. The molecule has 1 aromatic heterocycles. The molecule has 8 rings (SSSR count). The summed E-state index contributed by atoms with van der Waals surface area (Å²) in [6, 6.07) is 7.46. The molecule has 6 heterocycles. The average Bonchev–Trinajstić information content (AvgIpc) is 3.97. The number of allylic oxidation sites excluding steroid dienone is 1. The first-order chi connectivity index (χ1) is 25.9. The van der Waals surface area contributed by atoms with Crippen LogP contribution in [0.25, 0.3) is 28.0 Å². The Morgan fingerprint density at radius 3 is 2.24 bits per heavy atom. The smallest absolute Gasteiger partial charge is 0.410 e. The number of hydrogen-bond acceptors (Lipinski definition) is 9. The lowest BCUT2D eigenvalue weighted by Crippen LogP contribution is -2.51. The van der Waals surface area contributed by atoms with Crippen molar-refractivity contribution in [3.8, 4) is 33.9 Å². The quantitative estimate of drug-likeness (QED) is 0.260. The van der Waals surface area contributed by atoms with Crippen LogP contribution in [0.3, 0.4) is 0 Å². The summed E-state index contributed by atoms with van der Waals surface area (Å²) in [6.45, 7) is 11.5. The fourth-order valence-corrected chi connectivity index (χ4v) is 8.35. The minimum atomic E-state index is -0.698. The van der Waals surface area contributed by atoms with Gasteiger partial charge < -0.3 is 34.1 Å². The van der Waals surface area contributed by atoms with E-state index in [1.165, 1.54) is 7.11 Å². The fourth-order valence-electron chi connectivity index (χ4n) is 8.35. The Labute approximate surface area is 315 Å². The Hall–Kier alpha value is -5.33. The largest absolute Gasteiger partial charge is 0.488 e. The number of H-pyrrole nitrogens is 1. The molecular weight excluding hydrogens is 688 g/mol. The van der Waals surface area contributed by atoms with E-state index in [1.54, 1.807) is 6.20 Å². The minimum absolute atomic E-state index is 0.0640. The second-order valence-electron chi connectivity index (χ2n) is 16.1. The summed E-state index contributed by atoms with van der Waals surface area (Å²) in [4.78, 5) is 55.3. The van der Waals surface area contributed by atoms with Crippen LogP contribution in [0.1, 0.15) is 95.3 Å². The molecule has 0 radical (unpaired) electrons. The summed E-state index contributed by atoms with van der Waals surface area (Å²) in [5, 5.41) is 2.71. The molecule has 2 fully saturated rings. The van der Waals surface area contributed by atoms with E-state index in [9.17, 15) is 14.4 Å². The van der Waals surface area contributed by atoms with Gasteiger partial charge in [-0.15, -0.1) is 0 Å². The van der Waals surface area contributed by atoms with E-state index in [1.807, 2.05) is 56.7 Å². The Morgan fingerprint density at radius 2 is 1.57 bits per heavy atom. The molecule has 0 spiro atoms. The molecule has 13 heteroatoms. The zero-order valence-corrected chi connectivity index (χ0v) is 31.8. The van der Waals surface area contributed by atoms with Crippen LogP contribution < -0.4 is 14.8 Å². The van der Waals surface area contributed by atoms with Crippen LogP contribution >= 0.6 is 0 Å². The number of likely N-dealkylation sites (tertiary alicyclic amines) is 2. The van der Waals surface area contributed by atoms with Crippen LogP contribution in [0.4, 0.5) is 9.59 Å². The molecule has 3 amide bonds. The Bertz CT molecular complexity index is 2030. The van der Waals surface area contributed by atoms with Crippen LogP contribution in [0.5, 0.6) is 11.5 Å². The van der Waals surface area contributed by atoms with Crippen molar-refractivity contribution in [3.05, 3.63) is 59.2 Å². The lowest BCUT2D eigenvalue weighted by Gasteiger charge is -2.31. The number of methoxy groups -OCH3 is 1. The maximum Gasteiger partial charge on any atom is 0.410 e. The number of aliphatic imine (C=N–C) groups is 1. The number of rotatable bonds is 7. The van der Waals surface area contributed by atoms with Gasteiger partial charge in [-0.2, -0.15) is 0 Å². The van der Waals surface area contributed by atoms with E-state index < -0.39 is 17.7 Å². The number of ether oxygens (including phenoxy) is 4. The molecule has 0 unspecified atom stereocenters. The van der Waals surface area contributed by atoms with Crippen LogP contribution in [0.2, 0.25) is 0 Å². The van der Waals surface area contributed by atoms with E-state index in [2.05, 4.69) is 28.5 Å². The third-order valence-corrected chi connectivity index (χ3v) is 10.9. The highest BCUT2D eigenvalue weighted by atomic mass is 16.6. The number of benzene rings is 2. The third-order valence-electron chi connectivity index (χ3n) is 10.9. The lowest BCUT2D eigenvalue weighted by atomic mass is 9.86. The molecule has 284 valence electrons. The molecule has 3 aromatic rings. The van der Waals surface area contributed by atoms with Crippen molar-refractivity contribution < 1.29 is 33.3 Å². The maximum absolute atomic E-state index is 13.6. The minimum Gasteiger partial charge on any atom is -0.488 e. The molecule has 2 N–H and O–H groups in total. The van der Waals surface area contributed by atoms with E-state index in [-0.39, 0.29) is 30.0 Å². The molecule has 2 saturated heterocycles. The van der Waals surface area contributed by atoms with Gasteiger partial charge in [0, 0.05) is 59.2 Å². The zero-order chi connectivity index (χ0) is 37.9. The van der Waals surface area contributed by atoms with Crippen molar-refractivity contribution in [2.45, 2.75) is 104 Å². The van der Waals surface area contributed by atoms with Crippen molar-refractivity contribution in [3.63, 3.8) is 0 Å². The number of imidazole rings is 1. The molecule has 5 aliphatic rings. The van der Waals surface area contributed by atoms with Crippen molar-refractivity contribution >= 4 is 29.4 Å². The molecule has 5 aliphatic heterocycles. The van der Waals surface area contributed by atoms with Crippen LogP contribution in [-0.2, 0) is 27.5 Å². The van der Waals surface area contributed by atoms with Gasteiger partial charge in [-0.1, -0.05) is 13.8 Å². The third kappa shape index (κ3) is 6.58. The monoisotopic (exact) mass is 736 g/mol. The van der Waals surface area contributed by atoms with Gasteiger partial charge >= 0.3 is 12.2 Å². The van der Waals surface area contributed by atoms with E-state index >= 15 is 0 Å². The highest BCUT2D eigenvalue weighted by molar-refractivity contribution is 6.03. The summed E-state index contributed by atoms with van der Waals surface area (Å²) >= 11 is 0. The first kappa shape index (κ1) is 35.7. The Kier molecular flexibility index (Phi) is 9.13. The summed E-state index contributed by atoms with van der Waals surface area (Å²) < 4.78 is 23.3. The summed E-state index contributed by atoms with van der Waals surface area (Å²) in [5.74, 6) is 2.07. The highest BCUT2D eigenvalue weighted by Crippen LogP contribution is 2.51. The predicted molar refractivity (Wildman–Crippen MR) is 202 cm³/mol. The Morgan fingerprint density at radius 1 is 0.926 bits per heavy atom. The van der Waals surface area contributed by atoms with E-state index in [4.69, 9.17) is 28.9 Å². The van der Waals surface area contributed by atoms with Gasteiger partial charge in [0.2, 0.25) is 5.91 Å². The van der Waals surface area contributed by atoms with Gasteiger partial charge in [0.05, 0.1) is 31.1 Å². The maximum atomic E-state index is 13.6. The molecule has 0 saturated carbocycles. The molecule has 13 nitrogen and oxygen atoms in total. The first-order valence-corrected chi connectivity index (χ1v) is 18.9. The highest BCUT2D eigenvalue weighted by Gasteiger charge is 2.39. The fraction of sp³-hybridized carbons (Fsp3) is 0.488. The standard InChI is InChI=1S/C41H48N6O7/c1-22(2)36(45-39(49)51-6)38(48)46-11-8-10-31(46)37-43-19-29(44-37)24-14-27-21-52-32-16-23(13-26-20-53-33(17-24)35(27)34(26)32)25-15-28(42-18-25)30-9-7-12-47(30)40(50)54-41(3,4)5/h13-14,16-19,22,30-31,36H,7-12,15,20-21H2,1-6H3,(H,43,44)(H,45,49)/t30-,31-,36-/m0/s1. The zero-order valence-electron chi connectivity index (χ0n) is 31.8. The van der Waals surface area contributed by atoms with E-state index in [0.29, 0.717) is 38.5 Å². The molecule has 0 aliphatic carbocycles. The van der Waals surface area contributed by atoms with Crippen molar-refractivity contribution in [2.24, 2.45) is 10.9 Å². The number of nitrogens with one attached hydrogen (secondary N) is 2. The van der Waals surface area contributed by atoms with Gasteiger partial charge in [0.15, 0.2) is 0 Å². The topological polar surface area (TPSA) is 148 Å². The number of hydrogen-bond donors (Lipinski definition) is 2. The van der Waals surface area contributed by atoms with E-state index in [0.717, 1.165) is 87.5 Å². The number of aromatic nitrogens is 2. The normalized spacial score (nSPS) is 20.5. The molecule has 3 atom stereocenters. The number of nitrogens with zero attached hydrogens (tertiary/aromatic N) is 4. The molecule has 54 heavy (non-hydrogen) atoms. The number of aromatic amines is 1. The second-order valence-corrected chi connectivity index (χ2v) is 16.1. The predicted octanol–water partition coefficient (Wildman–Crippen LogP) is 7.16. The average molecular weight is 737 g/mol.